The predicted octanol–water partition coefficient (Wildman–Crippen LogP) is 4.49. The molecule has 12 nitrogen and oxygen atoms in total. The number of hydrogen-bond donors (Lipinski definition) is 3. The zero-order chi connectivity index (χ0) is 32.1. The van der Waals surface area contributed by atoms with Crippen LogP contribution in [0.2, 0.25) is 0 Å². The highest BCUT2D eigenvalue weighted by Crippen LogP contribution is 2.18. The molecule has 0 aliphatic rings. The van der Waals surface area contributed by atoms with E-state index >= 15 is 0 Å². The first-order valence-electron chi connectivity index (χ1n) is 13.4. The highest BCUT2D eigenvalue weighted by Gasteiger charge is 2.28. The number of hydrogen-bond acceptors (Lipinski definition) is 9. The van der Waals surface area contributed by atoms with Gasteiger partial charge in [0, 0.05) is 16.5 Å². The van der Waals surface area contributed by atoms with E-state index < -0.39 is 41.7 Å². The maximum absolute atomic E-state index is 13.0. The van der Waals surface area contributed by atoms with E-state index in [-0.39, 0.29) is 25.4 Å². The summed E-state index contributed by atoms with van der Waals surface area (Å²) < 4.78 is 21.3. The molecule has 0 aromatic heterocycles. The van der Waals surface area contributed by atoms with Gasteiger partial charge in [0.2, 0.25) is 0 Å². The molecular weight excluding hydrogens is 638 g/mol. The third-order valence-electron chi connectivity index (χ3n) is 5.57. The summed E-state index contributed by atoms with van der Waals surface area (Å²) in [6, 6.07) is 20.9. The summed E-state index contributed by atoms with van der Waals surface area (Å²) in [5.41, 5.74) is 5.38. The van der Waals surface area contributed by atoms with E-state index in [1.807, 2.05) is 24.3 Å². The third kappa shape index (κ3) is 11.8. The minimum Gasteiger partial charge on any atom is -0.453 e. The second-order valence-corrected chi connectivity index (χ2v) is 11.1. The molecule has 0 unspecified atom stereocenters. The number of esters is 1. The molecule has 0 bridgehead atoms. The lowest BCUT2D eigenvalue weighted by Crippen LogP contribution is -2.54. The van der Waals surface area contributed by atoms with Crippen molar-refractivity contribution in [1.29, 1.82) is 0 Å². The fourth-order valence-corrected chi connectivity index (χ4v) is 3.92. The van der Waals surface area contributed by atoms with Crippen molar-refractivity contribution in [2.75, 3.05) is 0 Å². The van der Waals surface area contributed by atoms with Crippen LogP contribution in [0.3, 0.4) is 0 Å². The minimum absolute atomic E-state index is 0.000309. The normalized spacial score (nSPS) is 11.4. The molecule has 13 heteroatoms. The minimum atomic E-state index is -1.31. The van der Waals surface area contributed by atoms with Gasteiger partial charge < -0.3 is 24.3 Å². The van der Waals surface area contributed by atoms with Gasteiger partial charge in [-0.2, -0.15) is 0 Å². The van der Waals surface area contributed by atoms with Crippen LogP contribution < -0.4 is 20.9 Å². The van der Waals surface area contributed by atoms with E-state index in [0.29, 0.717) is 5.56 Å². The number of carbonyl (C=O) groups is 5. The summed E-state index contributed by atoms with van der Waals surface area (Å²) >= 11 is 3.38. The lowest BCUT2D eigenvalue weighted by atomic mass is 10.1. The van der Waals surface area contributed by atoms with Gasteiger partial charge >= 0.3 is 24.1 Å². The smallest absolute Gasteiger partial charge is 0.453 e. The van der Waals surface area contributed by atoms with Crippen molar-refractivity contribution in [2.45, 2.75) is 52.0 Å². The summed E-state index contributed by atoms with van der Waals surface area (Å²) in [5, 5.41) is 2.33. The maximum Gasteiger partial charge on any atom is 0.514 e. The van der Waals surface area contributed by atoms with Crippen molar-refractivity contribution in [2.24, 2.45) is 0 Å². The van der Waals surface area contributed by atoms with Crippen LogP contribution >= 0.6 is 15.9 Å². The summed E-state index contributed by atoms with van der Waals surface area (Å²) in [4.78, 5) is 62.0. The van der Waals surface area contributed by atoms with Crippen LogP contribution in [0.5, 0.6) is 5.75 Å². The van der Waals surface area contributed by atoms with Gasteiger partial charge in [-0.25, -0.2) is 19.8 Å². The Balaban J connectivity index is 1.60. The molecule has 0 aliphatic carbocycles. The van der Waals surface area contributed by atoms with Gasteiger partial charge in [0.15, 0.2) is 0 Å². The van der Waals surface area contributed by atoms with Gasteiger partial charge in [0.1, 0.15) is 30.6 Å². The van der Waals surface area contributed by atoms with Crippen molar-refractivity contribution in [3.8, 4) is 5.75 Å². The lowest BCUT2D eigenvalue weighted by Gasteiger charge is -2.21. The van der Waals surface area contributed by atoms with E-state index in [2.05, 4.69) is 32.1 Å². The number of rotatable bonds is 9. The highest BCUT2D eigenvalue weighted by molar-refractivity contribution is 9.10. The zero-order valence-corrected chi connectivity index (χ0v) is 25.8. The first-order valence-corrected chi connectivity index (χ1v) is 14.2. The Morgan fingerprint density at radius 1 is 0.773 bits per heavy atom. The van der Waals surface area contributed by atoms with Gasteiger partial charge in [-0.15, -0.1) is 0 Å². The fraction of sp³-hybridized carbons (Fsp3) is 0.258. The Kier molecular flexibility index (Phi) is 12.3. The number of benzene rings is 3. The Morgan fingerprint density at radius 2 is 1.43 bits per heavy atom. The molecule has 232 valence electrons. The molecular formula is C31H32BrN3O9. The molecule has 3 aromatic carbocycles. The van der Waals surface area contributed by atoms with E-state index in [9.17, 15) is 24.0 Å². The maximum atomic E-state index is 13.0. The monoisotopic (exact) mass is 669 g/mol. The van der Waals surface area contributed by atoms with Crippen molar-refractivity contribution in [3.05, 3.63) is 100 Å². The van der Waals surface area contributed by atoms with Crippen molar-refractivity contribution < 1.29 is 42.9 Å². The molecule has 0 saturated heterocycles. The van der Waals surface area contributed by atoms with Crippen LogP contribution in [0.4, 0.5) is 9.59 Å². The molecule has 0 fully saturated rings. The number of carbonyl (C=O) groups excluding carboxylic acids is 5. The van der Waals surface area contributed by atoms with Crippen LogP contribution in [-0.2, 0) is 48.2 Å². The number of ether oxygens (including phenoxy) is 4. The molecule has 0 saturated carbocycles. The summed E-state index contributed by atoms with van der Waals surface area (Å²) in [6.07, 6.45) is -1.96. The van der Waals surface area contributed by atoms with Crippen LogP contribution in [0, 0.1) is 0 Å². The number of hydrazine groups is 1. The molecule has 0 radical (unpaired) electrons. The van der Waals surface area contributed by atoms with E-state index in [4.69, 9.17) is 18.9 Å². The molecule has 3 amide bonds. The van der Waals surface area contributed by atoms with Crippen LogP contribution in [-0.4, -0.2) is 41.7 Å². The highest BCUT2D eigenvalue weighted by atomic mass is 79.9. The molecule has 3 rings (SSSR count). The zero-order valence-electron chi connectivity index (χ0n) is 24.3. The van der Waals surface area contributed by atoms with Gasteiger partial charge in [0.25, 0.3) is 5.91 Å². The summed E-state index contributed by atoms with van der Waals surface area (Å²) in [5.74, 6) is -3.00. The molecule has 3 N–H and O–H groups in total. The quantitative estimate of drug-likeness (QED) is 0.0981. The van der Waals surface area contributed by atoms with Crippen molar-refractivity contribution in [1.82, 2.24) is 16.2 Å². The number of amides is 3. The van der Waals surface area contributed by atoms with Crippen molar-refractivity contribution in [3.63, 3.8) is 0 Å². The molecule has 44 heavy (non-hydrogen) atoms. The SMILES string of the molecule is CC(C)(C)OC(=O)C(=O)N[C@H](Cc1ccc(OC(=O)OCc2ccccc2Br)cc1)C(=O)NNC(=O)OCc1ccccc1. The van der Waals surface area contributed by atoms with Gasteiger partial charge in [0.05, 0.1) is 0 Å². The van der Waals surface area contributed by atoms with Gasteiger partial charge in [-0.1, -0.05) is 76.6 Å². The van der Waals surface area contributed by atoms with Crippen LogP contribution in [0.15, 0.2) is 83.3 Å². The Morgan fingerprint density at radius 3 is 2.09 bits per heavy atom. The largest absolute Gasteiger partial charge is 0.514 e. The Hall–Kier alpha value is -4.91. The predicted molar refractivity (Wildman–Crippen MR) is 161 cm³/mol. The standard InChI is InChI=1S/C31H32BrN3O9/c1-31(2,3)44-28(38)27(37)33-25(26(36)34-35-29(39)41-18-21-9-5-4-6-10-21)17-20-13-15-23(16-14-20)43-30(40)42-19-22-11-7-8-12-24(22)32/h4-16,25H,17-19H2,1-3H3,(H,33,37)(H,34,36)(H,35,39)/t25-/m1/s1. The first-order chi connectivity index (χ1) is 20.9. The van der Waals surface area contributed by atoms with Crippen LogP contribution in [0.25, 0.3) is 0 Å². The second-order valence-electron chi connectivity index (χ2n) is 10.3. The van der Waals surface area contributed by atoms with Gasteiger partial charge in [-0.05, 0) is 50.1 Å². The number of halogens is 1. The number of nitrogens with one attached hydrogen (secondary N) is 3. The molecule has 1 atom stereocenters. The first kappa shape index (κ1) is 33.6. The lowest BCUT2D eigenvalue weighted by molar-refractivity contribution is -0.163. The van der Waals surface area contributed by atoms with E-state index in [1.165, 1.54) is 12.1 Å². The molecule has 0 aliphatic heterocycles. The van der Waals surface area contributed by atoms with E-state index in [1.54, 1.807) is 63.2 Å². The average Bonchev–Trinajstić information content (AvgIpc) is 2.98. The second kappa shape index (κ2) is 16.1. The molecule has 0 heterocycles. The summed E-state index contributed by atoms with van der Waals surface area (Å²) in [6.45, 7) is 4.74. The third-order valence-corrected chi connectivity index (χ3v) is 6.35. The Labute approximate surface area is 262 Å². The van der Waals surface area contributed by atoms with Crippen molar-refractivity contribution >= 4 is 46.0 Å². The fourth-order valence-electron chi connectivity index (χ4n) is 3.52. The Bertz CT molecular complexity index is 1460. The van der Waals surface area contributed by atoms with Crippen LogP contribution in [0.1, 0.15) is 37.5 Å². The van der Waals surface area contributed by atoms with Gasteiger partial charge in [-0.3, -0.25) is 15.0 Å². The average molecular weight is 671 g/mol. The molecule has 0 spiro atoms. The molecule has 3 aromatic rings. The summed E-state index contributed by atoms with van der Waals surface area (Å²) in [7, 11) is 0. The van der Waals surface area contributed by atoms with E-state index in [0.717, 1.165) is 15.6 Å². The topological polar surface area (TPSA) is 158 Å².